The Balaban J connectivity index is 1.38. The molecule has 0 bridgehead atoms. The van der Waals surface area contributed by atoms with Crippen molar-refractivity contribution in [2.45, 2.75) is 30.1 Å². The van der Waals surface area contributed by atoms with Gasteiger partial charge in [-0.1, -0.05) is 11.6 Å². The van der Waals surface area contributed by atoms with Crippen molar-refractivity contribution in [1.29, 1.82) is 0 Å². The lowest BCUT2D eigenvalue weighted by Crippen LogP contribution is -2.56. The van der Waals surface area contributed by atoms with E-state index in [1.54, 1.807) is 0 Å². The highest BCUT2D eigenvalue weighted by molar-refractivity contribution is 7.82. The second-order valence-corrected chi connectivity index (χ2v) is 8.95. The van der Waals surface area contributed by atoms with Crippen LogP contribution in [0.5, 0.6) is 0 Å². The van der Waals surface area contributed by atoms with E-state index in [1.807, 2.05) is 0 Å². The maximum absolute atomic E-state index is 13.1. The zero-order chi connectivity index (χ0) is 23.8. The fourth-order valence-corrected chi connectivity index (χ4v) is 4.68. The zero-order valence-electron chi connectivity index (χ0n) is 16.7. The van der Waals surface area contributed by atoms with Crippen molar-refractivity contribution >= 4 is 28.5 Å². The number of carbonyl (C=O) groups excluding carboxylic acids is 1. The molecule has 4 rings (SSSR count). The average Bonchev–Trinajstić information content (AvgIpc) is 3.12. The second kappa shape index (κ2) is 9.20. The molecule has 2 atom stereocenters. The van der Waals surface area contributed by atoms with Gasteiger partial charge in [-0.3, -0.25) is 4.79 Å². The highest BCUT2D eigenvalue weighted by Crippen LogP contribution is 2.28. The van der Waals surface area contributed by atoms with Crippen LogP contribution < -0.4 is 5.32 Å². The number of rotatable bonds is 6. The van der Waals surface area contributed by atoms with Crippen LogP contribution in [0, 0.1) is 5.82 Å². The number of nitrogens with zero attached hydrogens (tertiary/aromatic N) is 4. The van der Waals surface area contributed by atoms with E-state index >= 15 is 0 Å². The van der Waals surface area contributed by atoms with Gasteiger partial charge < -0.3 is 5.32 Å². The molecule has 1 aliphatic rings. The van der Waals surface area contributed by atoms with Gasteiger partial charge in [-0.05, 0) is 42.8 Å². The van der Waals surface area contributed by atoms with Crippen LogP contribution in [0.3, 0.4) is 0 Å². The summed E-state index contributed by atoms with van der Waals surface area (Å²) in [7, 11) is -1.61. The molecule has 0 radical (unpaired) electrons. The van der Waals surface area contributed by atoms with Gasteiger partial charge in [-0.2, -0.15) is 18.3 Å². The molecule has 7 nitrogen and oxygen atoms in total. The average molecular weight is 502 g/mol. The summed E-state index contributed by atoms with van der Waals surface area (Å²) in [5.41, 5.74) is -0.321. The van der Waals surface area contributed by atoms with E-state index in [9.17, 15) is 26.6 Å². The Bertz CT molecular complexity index is 1180. The van der Waals surface area contributed by atoms with Gasteiger partial charge in [0.2, 0.25) is 5.91 Å². The Morgan fingerprint density at radius 1 is 1.21 bits per heavy atom. The minimum absolute atomic E-state index is 0.0131. The van der Waals surface area contributed by atoms with Gasteiger partial charge in [0, 0.05) is 24.8 Å². The van der Waals surface area contributed by atoms with Crippen LogP contribution in [0.1, 0.15) is 17.7 Å². The summed E-state index contributed by atoms with van der Waals surface area (Å²) in [5.74, 6) is -0.810. The normalized spacial score (nSPS) is 17.4. The molecule has 3 heterocycles. The first kappa shape index (κ1) is 23.3. The number of hydrogen-bond donors (Lipinski definition) is 1. The van der Waals surface area contributed by atoms with E-state index in [4.69, 9.17) is 11.6 Å². The lowest BCUT2D eigenvalue weighted by molar-refractivity contribution is -0.141. The third kappa shape index (κ3) is 5.07. The molecule has 0 spiro atoms. The Labute approximate surface area is 193 Å². The summed E-state index contributed by atoms with van der Waals surface area (Å²) in [6, 6.07) is 6.63. The van der Waals surface area contributed by atoms with Crippen LogP contribution in [0.4, 0.5) is 17.6 Å². The Kier molecular flexibility index (Phi) is 6.50. The number of carbonyl (C=O) groups is 1. The number of alkyl halides is 3. The minimum Gasteiger partial charge on any atom is -0.350 e. The summed E-state index contributed by atoms with van der Waals surface area (Å²) in [4.78, 5) is 16.4. The van der Waals surface area contributed by atoms with Crippen LogP contribution in [0.25, 0.3) is 5.69 Å². The Morgan fingerprint density at radius 2 is 1.94 bits per heavy atom. The van der Waals surface area contributed by atoms with Gasteiger partial charge in [-0.15, -0.1) is 0 Å². The number of hydrogen-bond acceptors (Lipinski definition) is 4. The maximum Gasteiger partial charge on any atom is 0.433 e. The molecular weight excluding hydrogens is 486 g/mol. The molecule has 2 aromatic heterocycles. The predicted octanol–water partition coefficient (Wildman–Crippen LogP) is 3.49. The van der Waals surface area contributed by atoms with Crippen molar-refractivity contribution < 1.29 is 26.6 Å². The monoisotopic (exact) mass is 501 g/mol. The molecule has 1 N–H and O–H groups in total. The van der Waals surface area contributed by atoms with Crippen molar-refractivity contribution in [1.82, 2.24) is 24.4 Å². The van der Waals surface area contributed by atoms with Crippen LogP contribution in [-0.4, -0.2) is 41.8 Å². The first-order chi connectivity index (χ1) is 15.6. The molecule has 2 unspecified atom stereocenters. The molecule has 1 saturated heterocycles. The van der Waals surface area contributed by atoms with E-state index in [2.05, 4.69) is 15.4 Å². The molecule has 1 aromatic carbocycles. The van der Waals surface area contributed by atoms with Gasteiger partial charge in [0.15, 0.2) is 5.15 Å². The van der Waals surface area contributed by atoms with Crippen LogP contribution >= 0.6 is 11.6 Å². The summed E-state index contributed by atoms with van der Waals surface area (Å²) in [5, 5.41) is 6.81. The standard InChI is InChI=1S/C20H16ClF4N5O2S/c21-18-12(11-29(28-18)14-3-6-17(26-10-14)20(23,24)25)9-27-19(31)16-7-8-30(16)33(32)15-4-1-13(22)2-5-15/h1-6,10-11,16H,7-9H2,(H,27,31). The number of halogens is 5. The SMILES string of the molecule is O=C(NCc1cn(-c2ccc(C(F)(F)F)nc2)nc1Cl)C1CCN1S(=O)c1ccc(F)cc1. The maximum atomic E-state index is 13.1. The van der Waals surface area contributed by atoms with Gasteiger partial charge in [0.25, 0.3) is 0 Å². The topological polar surface area (TPSA) is 80.1 Å². The largest absolute Gasteiger partial charge is 0.433 e. The summed E-state index contributed by atoms with van der Waals surface area (Å²) >= 11 is 6.11. The first-order valence-electron chi connectivity index (χ1n) is 9.63. The van der Waals surface area contributed by atoms with Gasteiger partial charge in [-0.25, -0.2) is 22.6 Å². The molecule has 1 amide bonds. The lowest BCUT2D eigenvalue weighted by Gasteiger charge is -2.38. The summed E-state index contributed by atoms with van der Waals surface area (Å²) in [6.07, 6.45) is -1.55. The van der Waals surface area contributed by atoms with E-state index in [1.165, 1.54) is 45.5 Å². The zero-order valence-corrected chi connectivity index (χ0v) is 18.3. The van der Waals surface area contributed by atoms with E-state index in [-0.39, 0.29) is 23.3 Å². The summed E-state index contributed by atoms with van der Waals surface area (Å²) in [6.45, 7) is 0.459. The fourth-order valence-electron chi connectivity index (χ4n) is 3.14. The third-order valence-electron chi connectivity index (χ3n) is 5.00. The van der Waals surface area contributed by atoms with Gasteiger partial charge in [0.1, 0.15) is 28.5 Å². The van der Waals surface area contributed by atoms with Gasteiger partial charge >= 0.3 is 6.18 Å². The molecule has 1 fully saturated rings. The molecule has 1 aliphatic heterocycles. The molecule has 13 heteroatoms. The minimum atomic E-state index is -4.55. The second-order valence-electron chi connectivity index (χ2n) is 7.16. The quantitative estimate of drug-likeness (QED) is 0.524. The third-order valence-corrected chi connectivity index (χ3v) is 6.85. The number of amides is 1. The number of nitrogens with one attached hydrogen (secondary N) is 1. The van der Waals surface area contributed by atoms with Crippen molar-refractivity contribution in [2.75, 3.05) is 6.54 Å². The van der Waals surface area contributed by atoms with Crippen molar-refractivity contribution in [2.24, 2.45) is 0 Å². The van der Waals surface area contributed by atoms with E-state index < -0.39 is 34.7 Å². The van der Waals surface area contributed by atoms with Crippen molar-refractivity contribution in [3.8, 4) is 5.69 Å². The van der Waals surface area contributed by atoms with E-state index in [0.29, 0.717) is 23.4 Å². The van der Waals surface area contributed by atoms with E-state index in [0.717, 1.165) is 12.3 Å². The number of benzene rings is 1. The van der Waals surface area contributed by atoms with Crippen LogP contribution in [0.2, 0.25) is 5.15 Å². The smallest absolute Gasteiger partial charge is 0.350 e. The molecule has 33 heavy (non-hydrogen) atoms. The van der Waals surface area contributed by atoms with Crippen LogP contribution in [-0.2, 0) is 28.5 Å². The van der Waals surface area contributed by atoms with Gasteiger partial charge in [0.05, 0.1) is 16.8 Å². The predicted molar refractivity (Wildman–Crippen MR) is 111 cm³/mol. The molecule has 174 valence electrons. The Hall–Kier alpha value is -2.83. The molecular formula is C20H16ClF4N5O2S. The Morgan fingerprint density at radius 3 is 2.52 bits per heavy atom. The number of aromatic nitrogens is 3. The highest BCUT2D eigenvalue weighted by atomic mass is 35.5. The summed E-state index contributed by atoms with van der Waals surface area (Å²) < 4.78 is 66.5. The lowest BCUT2D eigenvalue weighted by atomic mass is 10.1. The molecule has 0 aliphatic carbocycles. The highest BCUT2D eigenvalue weighted by Gasteiger charge is 2.38. The fraction of sp³-hybridized carbons (Fsp3) is 0.250. The van der Waals surface area contributed by atoms with Crippen molar-refractivity contribution in [3.63, 3.8) is 0 Å². The first-order valence-corrected chi connectivity index (χ1v) is 11.1. The number of pyridine rings is 1. The van der Waals surface area contributed by atoms with Crippen LogP contribution in [0.15, 0.2) is 53.7 Å². The molecule has 3 aromatic rings. The van der Waals surface area contributed by atoms with Crippen molar-refractivity contribution in [3.05, 3.63) is 71.0 Å². The molecule has 0 saturated carbocycles.